The largest absolute Gasteiger partial charge is 0.371 e. The standard InChI is InChI=1S/C21H25N3O3/c1-15-3-5-17(6-4-15)14-22-21(25)18-9-11-23(12-10-18)19-7-8-20(24(26)27)16(2)13-19/h3-8,13,18H,9-12,14H2,1-2H3,(H,22,25). The summed E-state index contributed by atoms with van der Waals surface area (Å²) < 4.78 is 0. The van der Waals surface area contributed by atoms with E-state index in [-0.39, 0.29) is 22.4 Å². The van der Waals surface area contributed by atoms with E-state index in [2.05, 4.69) is 10.2 Å². The van der Waals surface area contributed by atoms with Gasteiger partial charge in [-0.3, -0.25) is 14.9 Å². The Morgan fingerprint density at radius 3 is 2.41 bits per heavy atom. The van der Waals surface area contributed by atoms with Crippen LogP contribution in [-0.2, 0) is 11.3 Å². The van der Waals surface area contributed by atoms with E-state index in [9.17, 15) is 14.9 Å². The zero-order valence-electron chi connectivity index (χ0n) is 15.8. The zero-order valence-corrected chi connectivity index (χ0v) is 15.8. The van der Waals surface area contributed by atoms with Crippen LogP contribution in [0.2, 0.25) is 0 Å². The van der Waals surface area contributed by atoms with Gasteiger partial charge in [-0.2, -0.15) is 0 Å². The first kappa shape index (κ1) is 18.9. The highest BCUT2D eigenvalue weighted by atomic mass is 16.6. The van der Waals surface area contributed by atoms with Gasteiger partial charge in [0, 0.05) is 42.9 Å². The van der Waals surface area contributed by atoms with Crippen molar-refractivity contribution in [1.82, 2.24) is 5.32 Å². The predicted octanol–water partition coefficient (Wildman–Crippen LogP) is 3.74. The summed E-state index contributed by atoms with van der Waals surface area (Å²) in [5.74, 6) is 0.126. The molecule has 0 atom stereocenters. The molecule has 0 bridgehead atoms. The molecule has 1 fully saturated rings. The van der Waals surface area contributed by atoms with Crippen molar-refractivity contribution in [2.24, 2.45) is 5.92 Å². The van der Waals surface area contributed by atoms with Crippen molar-refractivity contribution in [3.8, 4) is 0 Å². The van der Waals surface area contributed by atoms with Crippen molar-refractivity contribution in [3.05, 3.63) is 69.3 Å². The Morgan fingerprint density at radius 1 is 1.15 bits per heavy atom. The summed E-state index contributed by atoms with van der Waals surface area (Å²) in [6.45, 7) is 5.91. The highest BCUT2D eigenvalue weighted by Gasteiger charge is 2.25. The van der Waals surface area contributed by atoms with Crippen LogP contribution in [0.15, 0.2) is 42.5 Å². The van der Waals surface area contributed by atoms with Crippen molar-refractivity contribution in [2.75, 3.05) is 18.0 Å². The molecule has 1 N–H and O–H groups in total. The SMILES string of the molecule is Cc1ccc(CNC(=O)C2CCN(c3ccc([N+](=O)[O-])c(C)c3)CC2)cc1. The monoisotopic (exact) mass is 367 g/mol. The number of carbonyl (C=O) groups is 1. The highest BCUT2D eigenvalue weighted by molar-refractivity contribution is 5.79. The zero-order chi connectivity index (χ0) is 19.4. The third-order valence-electron chi connectivity index (χ3n) is 5.20. The number of rotatable bonds is 5. The molecule has 0 saturated carbocycles. The number of anilines is 1. The lowest BCUT2D eigenvalue weighted by molar-refractivity contribution is -0.385. The van der Waals surface area contributed by atoms with E-state index in [0.29, 0.717) is 12.1 Å². The Morgan fingerprint density at radius 2 is 1.81 bits per heavy atom. The number of amides is 1. The number of piperidine rings is 1. The van der Waals surface area contributed by atoms with Crippen molar-refractivity contribution >= 4 is 17.3 Å². The van der Waals surface area contributed by atoms with E-state index in [1.165, 1.54) is 5.56 Å². The van der Waals surface area contributed by atoms with Gasteiger partial charge in [-0.05, 0) is 44.4 Å². The number of carbonyl (C=O) groups excluding carboxylic acids is 1. The maximum absolute atomic E-state index is 12.5. The van der Waals surface area contributed by atoms with Crippen molar-refractivity contribution in [1.29, 1.82) is 0 Å². The quantitative estimate of drug-likeness (QED) is 0.645. The fraction of sp³-hybridized carbons (Fsp3) is 0.381. The number of hydrogen-bond donors (Lipinski definition) is 1. The number of benzene rings is 2. The van der Waals surface area contributed by atoms with Gasteiger partial charge in [-0.25, -0.2) is 0 Å². The topological polar surface area (TPSA) is 75.5 Å². The minimum atomic E-state index is -0.357. The summed E-state index contributed by atoms with van der Waals surface area (Å²) in [5, 5.41) is 14.0. The molecule has 0 unspecified atom stereocenters. The molecule has 6 heteroatoms. The third-order valence-corrected chi connectivity index (χ3v) is 5.20. The second-order valence-corrected chi connectivity index (χ2v) is 7.19. The van der Waals surface area contributed by atoms with Gasteiger partial charge in [0.15, 0.2) is 0 Å². The van der Waals surface area contributed by atoms with Crippen LogP contribution in [0.3, 0.4) is 0 Å². The second kappa shape index (κ2) is 8.20. The van der Waals surface area contributed by atoms with E-state index in [4.69, 9.17) is 0 Å². The van der Waals surface area contributed by atoms with Gasteiger partial charge in [-0.1, -0.05) is 29.8 Å². The summed E-state index contributed by atoms with van der Waals surface area (Å²) >= 11 is 0. The molecular formula is C21H25N3O3. The van der Waals surface area contributed by atoms with E-state index in [0.717, 1.165) is 37.2 Å². The maximum atomic E-state index is 12.5. The van der Waals surface area contributed by atoms with Gasteiger partial charge >= 0.3 is 0 Å². The Hall–Kier alpha value is -2.89. The molecule has 1 aliphatic rings. The minimum absolute atomic E-state index is 0.0193. The molecule has 142 valence electrons. The summed E-state index contributed by atoms with van der Waals surface area (Å²) in [7, 11) is 0. The lowest BCUT2D eigenvalue weighted by Crippen LogP contribution is -2.40. The Labute approximate surface area is 159 Å². The van der Waals surface area contributed by atoms with E-state index in [1.54, 1.807) is 19.1 Å². The van der Waals surface area contributed by atoms with Gasteiger partial charge in [0.1, 0.15) is 0 Å². The van der Waals surface area contributed by atoms with Crippen LogP contribution in [0.5, 0.6) is 0 Å². The molecule has 2 aromatic rings. The normalized spacial score (nSPS) is 14.8. The van der Waals surface area contributed by atoms with Crippen LogP contribution in [0.4, 0.5) is 11.4 Å². The van der Waals surface area contributed by atoms with Gasteiger partial charge < -0.3 is 10.2 Å². The Kier molecular flexibility index (Phi) is 5.74. The first-order valence-corrected chi connectivity index (χ1v) is 9.27. The van der Waals surface area contributed by atoms with E-state index < -0.39 is 0 Å². The molecule has 0 aromatic heterocycles. The van der Waals surface area contributed by atoms with Crippen molar-refractivity contribution in [2.45, 2.75) is 33.2 Å². The van der Waals surface area contributed by atoms with Crippen LogP contribution in [0, 0.1) is 29.9 Å². The highest BCUT2D eigenvalue weighted by Crippen LogP contribution is 2.28. The second-order valence-electron chi connectivity index (χ2n) is 7.19. The molecule has 1 amide bonds. The molecule has 3 rings (SSSR count). The first-order valence-electron chi connectivity index (χ1n) is 9.27. The lowest BCUT2D eigenvalue weighted by atomic mass is 9.95. The minimum Gasteiger partial charge on any atom is -0.371 e. The van der Waals surface area contributed by atoms with Crippen LogP contribution in [0.1, 0.15) is 29.5 Å². The predicted molar refractivity (Wildman–Crippen MR) is 106 cm³/mol. The van der Waals surface area contributed by atoms with Gasteiger partial charge in [0.25, 0.3) is 5.69 Å². The molecule has 0 spiro atoms. The molecule has 0 aliphatic carbocycles. The van der Waals surface area contributed by atoms with Gasteiger partial charge in [0.2, 0.25) is 5.91 Å². The number of nitrogens with zero attached hydrogens (tertiary/aromatic N) is 2. The Balaban J connectivity index is 1.52. The summed E-state index contributed by atoms with van der Waals surface area (Å²) in [6.07, 6.45) is 1.57. The maximum Gasteiger partial charge on any atom is 0.272 e. The van der Waals surface area contributed by atoms with Crippen LogP contribution >= 0.6 is 0 Å². The number of nitro groups is 1. The molecular weight excluding hydrogens is 342 g/mol. The summed E-state index contributed by atoms with van der Waals surface area (Å²) in [5.41, 5.74) is 4.10. The van der Waals surface area contributed by atoms with E-state index >= 15 is 0 Å². The molecule has 6 nitrogen and oxygen atoms in total. The first-order chi connectivity index (χ1) is 12.9. The average Bonchev–Trinajstić information content (AvgIpc) is 2.67. The molecule has 1 aliphatic heterocycles. The fourth-order valence-electron chi connectivity index (χ4n) is 3.48. The fourth-order valence-corrected chi connectivity index (χ4v) is 3.48. The third kappa shape index (κ3) is 4.64. The van der Waals surface area contributed by atoms with Crippen molar-refractivity contribution in [3.63, 3.8) is 0 Å². The van der Waals surface area contributed by atoms with Gasteiger partial charge in [-0.15, -0.1) is 0 Å². The van der Waals surface area contributed by atoms with Crippen LogP contribution in [0.25, 0.3) is 0 Å². The number of aryl methyl sites for hydroxylation is 2. The number of nitrogens with one attached hydrogen (secondary N) is 1. The summed E-state index contributed by atoms with van der Waals surface area (Å²) in [6, 6.07) is 13.4. The molecule has 27 heavy (non-hydrogen) atoms. The number of nitro benzene ring substituents is 1. The number of hydrogen-bond acceptors (Lipinski definition) is 4. The van der Waals surface area contributed by atoms with Crippen LogP contribution < -0.4 is 10.2 Å². The van der Waals surface area contributed by atoms with Crippen molar-refractivity contribution < 1.29 is 9.72 Å². The van der Waals surface area contributed by atoms with E-state index in [1.807, 2.05) is 37.3 Å². The average molecular weight is 367 g/mol. The smallest absolute Gasteiger partial charge is 0.272 e. The van der Waals surface area contributed by atoms with Crippen LogP contribution in [-0.4, -0.2) is 23.9 Å². The lowest BCUT2D eigenvalue weighted by Gasteiger charge is -2.33. The molecule has 2 aromatic carbocycles. The Bertz CT molecular complexity index is 825. The molecule has 1 heterocycles. The molecule has 1 saturated heterocycles. The summed E-state index contributed by atoms with van der Waals surface area (Å²) in [4.78, 5) is 25.2. The molecule has 0 radical (unpaired) electrons. The van der Waals surface area contributed by atoms with Gasteiger partial charge in [0.05, 0.1) is 4.92 Å².